The summed E-state index contributed by atoms with van der Waals surface area (Å²) >= 11 is 6.12. The van der Waals surface area contributed by atoms with E-state index in [1.807, 2.05) is 30.3 Å². The molecule has 0 spiro atoms. The van der Waals surface area contributed by atoms with E-state index in [2.05, 4.69) is 0 Å². The van der Waals surface area contributed by atoms with Gasteiger partial charge in [-0.2, -0.15) is 0 Å². The number of carboxylic acid groups (broad SMARTS) is 1. The fourth-order valence-electron chi connectivity index (χ4n) is 2.83. The Morgan fingerprint density at radius 1 is 1.17 bits per heavy atom. The second-order valence-corrected chi connectivity index (χ2v) is 5.75. The van der Waals surface area contributed by atoms with Crippen LogP contribution in [-0.4, -0.2) is 15.6 Å². The molecule has 0 saturated carbocycles. The van der Waals surface area contributed by atoms with Crippen LogP contribution in [0.5, 0.6) is 0 Å². The van der Waals surface area contributed by atoms with Crippen molar-refractivity contribution in [1.82, 2.24) is 4.57 Å². The first-order valence-corrected chi connectivity index (χ1v) is 7.45. The minimum Gasteiger partial charge on any atom is -0.481 e. The quantitative estimate of drug-likeness (QED) is 0.801. The summed E-state index contributed by atoms with van der Waals surface area (Å²) in [5, 5.41) is 10.5. The Bertz CT molecular complexity index is 961. The third kappa shape index (κ3) is 2.73. The number of halogens is 1. The minimum atomic E-state index is -1.04. The molecule has 3 aromatic rings. The standard InChI is InChI=1S/C18H14ClNO3/c1-20-15-8-7-12(19)9-13(15)17(11-5-3-2-4-6-11)14(18(20)23)10-16(21)22/h2-9H,10H2,1H3,(H,21,22). The molecule has 0 fully saturated rings. The lowest BCUT2D eigenvalue weighted by Crippen LogP contribution is -2.24. The first-order valence-electron chi connectivity index (χ1n) is 7.07. The number of fused-ring (bicyclic) bond motifs is 1. The highest BCUT2D eigenvalue weighted by Crippen LogP contribution is 2.32. The van der Waals surface area contributed by atoms with Crippen LogP contribution >= 0.6 is 11.6 Å². The van der Waals surface area contributed by atoms with Crippen LogP contribution in [0.3, 0.4) is 0 Å². The number of benzene rings is 2. The number of rotatable bonds is 3. The predicted molar refractivity (Wildman–Crippen MR) is 91.0 cm³/mol. The van der Waals surface area contributed by atoms with Gasteiger partial charge in [-0.05, 0) is 23.8 Å². The number of carbonyl (C=O) groups is 1. The molecule has 3 rings (SSSR count). The fraction of sp³-hybridized carbons (Fsp3) is 0.111. The smallest absolute Gasteiger partial charge is 0.308 e. The molecule has 0 atom stereocenters. The number of carboxylic acids is 1. The molecule has 4 nitrogen and oxygen atoms in total. The van der Waals surface area contributed by atoms with Crippen molar-refractivity contribution in [1.29, 1.82) is 0 Å². The summed E-state index contributed by atoms with van der Waals surface area (Å²) in [6.45, 7) is 0. The Morgan fingerprint density at radius 3 is 2.52 bits per heavy atom. The Labute approximate surface area is 137 Å². The SMILES string of the molecule is Cn1c(=O)c(CC(=O)O)c(-c2ccccc2)c2cc(Cl)ccc21. The van der Waals surface area contributed by atoms with Crippen molar-refractivity contribution < 1.29 is 9.90 Å². The van der Waals surface area contributed by atoms with Gasteiger partial charge >= 0.3 is 5.97 Å². The number of hydrogen-bond donors (Lipinski definition) is 1. The van der Waals surface area contributed by atoms with Crippen molar-refractivity contribution >= 4 is 28.5 Å². The first-order chi connectivity index (χ1) is 11.0. The van der Waals surface area contributed by atoms with E-state index in [0.29, 0.717) is 16.1 Å². The van der Waals surface area contributed by atoms with Crippen molar-refractivity contribution in [3.8, 4) is 11.1 Å². The Kier molecular flexibility index (Phi) is 3.92. The summed E-state index contributed by atoms with van der Waals surface area (Å²) in [7, 11) is 1.64. The average Bonchev–Trinajstić information content (AvgIpc) is 2.53. The average molecular weight is 328 g/mol. The van der Waals surface area contributed by atoms with Crippen LogP contribution in [0.25, 0.3) is 22.0 Å². The van der Waals surface area contributed by atoms with Crippen molar-refractivity contribution in [2.45, 2.75) is 6.42 Å². The van der Waals surface area contributed by atoms with E-state index in [4.69, 9.17) is 11.6 Å². The molecule has 1 aromatic heterocycles. The topological polar surface area (TPSA) is 59.3 Å². The molecule has 0 aliphatic carbocycles. The van der Waals surface area contributed by atoms with Crippen LogP contribution in [0.4, 0.5) is 0 Å². The fourth-order valence-corrected chi connectivity index (χ4v) is 3.00. The summed E-state index contributed by atoms with van der Waals surface area (Å²) in [5.41, 5.74) is 2.11. The van der Waals surface area contributed by atoms with E-state index in [-0.39, 0.29) is 17.5 Å². The largest absolute Gasteiger partial charge is 0.481 e. The van der Waals surface area contributed by atoms with Gasteiger partial charge in [0.25, 0.3) is 5.56 Å². The predicted octanol–water partition coefficient (Wildman–Crippen LogP) is 3.49. The van der Waals surface area contributed by atoms with Gasteiger partial charge in [0.2, 0.25) is 0 Å². The van der Waals surface area contributed by atoms with E-state index in [0.717, 1.165) is 10.9 Å². The zero-order chi connectivity index (χ0) is 16.6. The van der Waals surface area contributed by atoms with Crippen molar-refractivity contribution in [3.05, 3.63) is 69.5 Å². The molecular formula is C18H14ClNO3. The molecule has 0 radical (unpaired) electrons. The molecule has 23 heavy (non-hydrogen) atoms. The first kappa shape index (κ1) is 15.3. The van der Waals surface area contributed by atoms with E-state index in [1.54, 1.807) is 25.2 Å². The molecule has 5 heteroatoms. The van der Waals surface area contributed by atoms with Crippen LogP contribution in [0.15, 0.2) is 53.3 Å². The maximum atomic E-state index is 12.7. The molecule has 0 unspecified atom stereocenters. The van der Waals surface area contributed by atoms with E-state index >= 15 is 0 Å². The van der Waals surface area contributed by atoms with Gasteiger partial charge < -0.3 is 9.67 Å². The Morgan fingerprint density at radius 2 is 1.87 bits per heavy atom. The summed E-state index contributed by atoms with van der Waals surface area (Å²) < 4.78 is 1.47. The highest BCUT2D eigenvalue weighted by Gasteiger charge is 2.19. The van der Waals surface area contributed by atoms with Gasteiger partial charge in [0.1, 0.15) is 0 Å². The highest BCUT2D eigenvalue weighted by atomic mass is 35.5. The zero-order valence-electron chi connectivity index (χ0n) is 12.4. The molecular weight excluding hydrogens is 314 g/mol. The number of nitrogens with zero attached hydrogens (tertiary/aromatic N) is 1. The number of aromatic nitrogens is 1. The zero-order valence-corrected chi connectivity index (χ0v) is 13.2. The second-order valence-electron chi connectivity index (χ2n) is 5.32. The molecule has 0 aliphatic rings. The van der Waals surface area contributed by atoms with E-state index in [9.17, 15) is 14.7 Å². The third-order valence-electron chi connectivity index (χ3n) is 3.84. The molecule has 1 N–H and O–H groups in total. The number of aryl methyl sites for hydroxylation is 1. The van der Waals surface area contributed by atoms with Crippen LogP contribution in [-0.2, 0) is 18.3 Å². The van der Waals surface area contributed by atoms with Gasteiger partial charge in [0.15, 0.2) is 0 Å². The molecule has 116 valence electrons. The summed E-state index contributed by atoms with van der Waals surface area (Å²) in [6, 6.07) is 14.6. The summed E-state index contributed by atoms with van der Waals surface area (Å²) in [5.74, 6) is -1.04. The monoisotopic (exact) mass is 327 g/mol. The van der Waals surface area contributed by atoms with Gasteiger partial charge in [0.05, 0.1) is 11.9 Å². The molecule has 0 amide bonds. The number of hydrogen-bond acceptors (Lipinski definition) is 2. The molecule has 0 bridgehead atoms. The van der Waals surface area contributed by atoms with Gasteiger partial charge in [-0.15, -0.1) is 0 Å². The van der Waals surface area contributed by atoms with Crippen LogP contribution in [0.2, 0.25) is 5.02 Å². The van der Waals surface area contributed by atoms with Crippen molar-refractivity contribution in [3.63, 3.8) is 0 Å². The summed E-state index contributed by atoms with van der Waals surface area (Å²) in [6.07, 6.45) is -0.334. The lowest BCUT2D eigenvalue weighted by Gasteiger charge is -2.15. The third-order valence-corrected chi connectivity index (χ3v) is 4.08. The molecule has 1 heterocycles. The Hall–Kier alpha value is -2.59. The van der Waals surface area contributed by atoms with Gasteiger partial charge in [0, 0.05) is 28.6 Å². The summed E-state index contributed by atoms with van der Waals surface area (Å²) in [4.78, 5) is 23.9. The van der Waals surface area contributed by atoms with Crippen LogP contribution in [0.1, 0.15) is 5.56 Å². The lowest BCUT2D eigenvalue weighted by atomic mass is 9.94. The normalized spacial score (nSPS) is 10.9. The lowest BCUT2D eigenvalue weighted by molar-refractivity contribution is -0.136. The van der Waals surface area contributed by atoms with Crippen molar-refractivity contribution in [2.75, 3.05) is 0 Å². The maximum absolute atomic E-state index is 12.7. The number of aliphatic carboxylic acids is 1. The Balaban J connectivity index is 2.51. The van der Waals surface area contributed by atoms with Crippen LogP contribution < -0.4 is 5.56 Å². The second kappa shape index (κ2) is 5.89. The molecule has 0 aliphatic heterocycles. The van der Waals surface area contributed by atoms with E-state index in [1.165, 1.54) is 4.57 Å². The van der Waals surface area contributed by atoms with Crippen molar-refractivity contribution in [2.24, 2.45) is 7.05 Å². The van der Waals surface area contributed by atoms with Gasteiger partial charge in [-0.25, -0.2) is 0 Å². The van der Waals surface area contributed by atoms with Gasteiger partial charge in [-0.3, -0.25) is 9.59 Å². The van der Waals surface area contributed by atoms with Gasteiger partial charge in [-0.1, -0.05) is 41.9 Å². The number of pyridine rings is 1. The molecule has 0 saturated heterocycles. The minimum absolute atomic E-state index is 0.265. The van der Waals surface area contributed by atoms with E-state index < -0.39 is 5.97 Å². The van der Waals surface area contributed by atoms with Crippen LogP contribution in [0, 0.1) is 0 Å². The maximum Gasteiger partial charge on any atom is 0.308 e. The molecule has 2 aromatic carbocycles. The highest BCUT2D eigenvalue weighted by molar-refractivity contribution is 6.31.